The van der Waals surface area contributed by atoms with Crippen LogP contribution in [-0.2, 0) is 0 Å². The molecule has 0 atom stereocenters. The molecule has 1 rings (SSSR count). The minimum Gasteiger partial charge on any atom is -0.493 e. The van der Waals surface area contributed by atoms with E-state index in [0.29, 0.717) is 12.7 Å². The van der Waals surface area contributed by atoms with Gasteiger partial charge in [0.15, 0.2) is 0 Å². The molecule has 7 heteroatoms. The van der Waals surface area contributed by atoms with E-state index >= 15 is 0 Å². The summed E-state index contributed by atoms with van der Waals surface area (Å²) in [5.74, 6) is -0.932. The largest absolute Gasteiger partial charge is 1.00 e. The van der Waals surface area contributed by atoms with E-state index in [0.717, 1.165) is 12.1 Å². The maximum absolute atomic E-state index is 13.1. The van der Waals surface area contributed by atoms with E-state index in [9.17, 15) is 17.3 Å². The van der Waals surface area contributed by atoms with Crippen LogP contribution in [0.2, 0.25) is 0 Å². The zero-order chi connectivity index (χ0) is 12.3. The number of rotatable bonds is 4. The fourth-order valence-electron chi connectivity index (χ4n) is 1.13. The first-order valence-corrected chi connectivity index (χ1v) is 4.93. The van der Waals surface area contributed by atoms with Gasteiger partial charge in [-0.2, -0.15) is 0 Å². The Labute approximate surface area is 140 Å². The van der Waals surface area contributed by atoms with Crippen molar-refractivity contribution in [2.24, 2.45) is 5.92 Å². The molecule has 0 heterocycles. The molecular formula is C10H12BF4KO. The van der Waals surface area contributed by atoms with Gasteiger partial charge >= 0.3 is 58.4 Å². The average Bonchev–Trinajstić information content (AvgIpc) is 2.12. The van der Waals surface area contributed by atoms with Crippen molar-refractivity contribution in [1.82, 2.24) is 0 Å². The summed E-state index contributed by atoms with van der Waals surface area (Å²) in [7, 11) is 0. The van der Waals surface area contributed by atoms with Gasteiger partial charge in [-0.25, -0.2) is 4.39 Å². The molecule has 0 bridgehead atoms. The van der Waals surface area contributed by atoms with Gasteiger partial charge in [0.1, 0.15) is 5.75 Å². The Morgan fingerprint density at radius 2 is 1.82 bits per heavy atom. The number of benzene rings is 1. The Kier molecular flexibility index (Phi) is 7.32. The monoisotopic (exact) mass is 274 g/mol. The van der Waals surface area contributed by atoms with Crippen LogP contribution in [0.4, 0.5) is 17.3 Å². The summed E-state index contributed by atoms with van der Waals surface area (Å²) in [4.78, 5) is 0. The molecule has 1 aromatic carbocycles. The van der Waals surface area contributed by atoms with Gasteiger partial charge in [0.2, 0.25) is 0 Å². The molecule has 0 N–H and O–H groups in total. The van der Waals surface area contributed by atoms with Crippen LogP contribution in [0.15, 0.2) is 18.2 Å². The maximum atomic E-state index is 13.1. The van der Waals surface area contributed by atoms with E-state index in [-0.39, 0.29) is 63.1 Å². The second-order valence-corrected chi connectivity index (χ2v) is 3.96. The summed E-state index contributed by atoms with van der Waals surface area (Å²) in [6, 6.07) is 2.62. The van der Waals surface area contributed by atoms with Crippen LogP contribution in [0.1, 0.15) is 13.8 Å². The molecule has 1 nitrogen and oxygen atoms in total. The molecule has 0 unspecified atom stereocenters. The predicted molar refractivity (Wildman–Crippen MR) is 55.4 cm³/mol. The second-order valence-electron chi connectivity index (χ2n) is 3.96. The van der Waals surface area contributed by atoms with E-state index in [1.807, 2.05) is 13.8 Å². The van der Waals surface area contributed by atoms with Crippen molar-refractivity contribution in [2.75, 3.05) is 6.61 Å². The van der Waals surface area contributed by atoms with Crippen LogP contribution >= 0.6 is 0 Å². The molecule has 0 radical (unpaired) electrons. The fraction of sp³-hybridized carbons (Fsp3) is 0.400. The normalized spacial score (nSPS) is 11.2. The van der Waals surface area contributed by atoms with E-state index in [4.69, 9.17) is 4.74 Å². The van der Waals surface area contributed by atoms with Gasteiger partial charge in [0.05, 0.1) is 12.4 Å². The first-order chi connectivity index (χ1) is 7.30. The molecule has 0 saturated carbocycles. The van der Waals surface area contributed by atoms with Crippen LogP contribution in [-0.4, -0.2) is 13.6 Å². The van der Waals surface area contributed by atoms with E-state index in [1.54, 1.807) is 0 Å². The predicted octanol–water partition coefficient (Wildman–Crippen LogP) is -0.0811. The van der Waals surface area contributed by atoms with Gasteiger partial charge in [-0.3, -0.25) is 0 Å². The number of hydrogen-bond acceptors (Lipinski definition) is 1. The van der Waals surface area contributed by atoms with Crippen molar-refractivity contribution in [3.05, 3.63) is 24.0 Å². The Bertz CT molecular complexity index is 368. The van der Waals surface area contributed by atoms with Crippen LogP contribution in [0.25, 0.3) is 0 Å². The van der Waals surface area contributed by atoms with Gasteiger partial charge in [0.25, 0.3) is 0 Å². The quantitative estimate of drug-likeness (QED) is 0.551. The van der Waals surface area contributed by atoms with E-state index in [1.165, 1.54) is 0 Å². The summed E-state index contributed by atoms with van der Waals surface area (Å²) in [6.45, 7) is -1.17. The Morgan fingerprint density at radius 1 is 1.24 bits per heavy atom. The zero-order valence-electron chi connectivity index (χ0n) is 10.0. The number of ether oxygens (including phenoxy) is 1. The molecule has 0 aliphatic heterocycles. The summed E-state index contributed by atoms with van der Waals surface area (Å²) in [5, 5.41) is 0. The van der Waals surface area contributed by atoms with Crippen molar-refractivity contribution >= 4 is 12.4 Å². The Balaban J connectivity index is 0.00000256. The first-order valence-electron chi connectivity index (χ1n) is 4.93. The van der Waals surface area contributed by atoms with E-state index < -0.39 is 18.3 Å². The number of halogens is 4. The van der Waals surface area contributed by atoms with Crippen LogP contribution in [0.3, 0.4) is 0 Å². The van der Waals surface area contributed by atoms with Crippen molar-refractivity contribution in [3.63, 3.8) is 0 Å². The van der Waals surface area contributed by atoms with Crippen molar-refractivity contribution in [3.8, 4) is 5.75 Å². The topological polar surface area (TPSA) is 9.23 Å². The molecule has 0 saturated heterocycles. The minimum atomic E-state index is -5.30. The summed E-state index contributed by atoms with van der Waals surface area (Å²) >= 11 is 0. The molecule has 90 valence electrons. The van der Waals surface area contributed by atoms with E-state index in [2.05, 4.69) is 0 Å². The van der Waals surface area contributed by atoms with Gasteiger partial charge in [-0.15, -0.1) is 0 Å². The molecule has 0 aliphatic rings. The van der Waals surface area contributed by atoms with Crippen LogP contribution in [0, 0.1) is 11.7 Å². The van der Waals surface area contributed by atoms with Crippen LogP contribution < -0.4 is 61.6 Å². The van der Waals surface area contributed by atoms with Crippen molar-refractivity contribution in [1.29, 1.82) is 0 Å². The van der Waals surface area contributed by atoms with Gasteiger partial charge in [-0.05, 0) is 12.0 Å². The SMILES string of the molecule is CC(C)COc1ccc([B-](F)(F)F)c(F)c1.[K+]. The second kappa shape index (κ2) is 7.13. The van der Waals surface area contributed by atoms with Crippen molar-refractivity contribution in [2.45, 2.75) is 13.8 Å². The standard InChI is InChI=1S/C10H12BF4O.K/c1-7(2)6-16-8-3-4-9(10(12)5-8)11(13,14)15;/h3-5,7H,6H2,1-2H3;/q-1;+1. The third-order valence-corrected chi connectivity index (χ3v) is 1.91. The minimum absolute atomic E-state index is 0. The molecule has 0 spiro atoms. The van der Waals surface area contributed by atoms with Crippen molar-refractivity contribution < 1.29 is 73.5 Å². The van der Waals surface area contributed by atoms with Gasteiger partial charge < -0.3 is 17.7 Å². The molecule has 17 heavy (non-hydrogen) atoms. The first kappa shape index (κ1) is 17.4. The third kappa shape index (κ3) is 5.74. The zero-order valence-corrected chi connectivity index (χ0v) is 13.1. The molecule has 0 aromatic heterocycles. The molecular weight excluding hydrogens is 262 g/mol. The number of hydrogen-bond donors (Lipinski definition) is 0. The third-order valence-electron chi connectivity index (χ3n) is 1.91. The molecule has 0 amide bonds. The van der Waals surface area contributed by atoms with Gasteiger partial charge in [0, 0.05) is 6.07 Å². The smallest absolute Gasteiger partial charge is 0.493 e. The Morgan fingerprint density at radius 3 is 2.24 bits per heavy atom. The van der Waals surface area contributed by atoms with Gasteiger partial charge in [-0.1, -0.05) is 25.4 Å². The summed E-state index contributed by atoms with van der Waals surface area (Å²) < 4.78 is 55.0. The fourth-order valence-corrected chi connectivity index (χ4v) is 1.13. The summed E-state index contributed by atoms with van der Waals surface area (Å²) in [6.07, 6.45) is 0. The molecule has 0 fully saturated rings. The molecule has 1 aromatic rings. The molecule has 0 aliphatic carbocycles. The average molecular weight is 274 g/mol. The Hall–Kier alpha value is 0.441. The summed E-state index contributed by atoms with van der Waals surface area (Å²) in [5.41, 5.74) is -1.21. The maximum Gasteiger partial charge on any atom is 1.00 e. The van der Waals surface area contributed by atoms with Crippen LogP contribution in [0.5, 0.6) is 5.75 Å².